The summed E-state index contributed by atoms with van der Waals surface area (Å²) < 4.78 is 1.78. The number of carbonyl (C=O) groups excluding carboxylic acids is 2. The Balaban J connectivity index is 1.31. The fourth-order valence-corrected chi connectivity index (χ4v) is 5.95. The zero-order chi connectivity index (χ0) is 26.4. The van der Waals surface area contributed by atoms with E-state index >= 15 is 0 Å². The van der Waals surface area contributed by atoms with Crippen LogP contribution in [0.25, 0.3) is 10.8 Å². The van der Waals surface area contributed by atoms with E-state index in [1.54, 1.807) is 27.9 Å². The van der Waals surface area contributed by atoms with Crippen LogP contribution in [0.1, 0.15) is 36.9 Å². The fraction of sp³-hybridized carbons (Fsp3) is 0.233. The normalized spacial score (nSPS) is 19.0. The van der Waals surface area contributed by atoms with Gasteiger partial charge in [-0.3, -0.25) is 9.59 Å². The van der Waals surface area contributed by atoms with Gasteiger partial charge in [-0.15, -0.1) is 0 Å². The Morgan fingerprint density at radius 2 is 1.82 bits per heavy atom. The first kappa shape index (κ1) is 24.7. The molecule has 0 radical (unpaired) electrons. The molecule has 1 fully saturated rings. The van der Waals surface area contributed by atoms with Gasteiger partial charge in [0.15, 0.2) is 5.78 Å². The van der Waals surface area contributed by atoms with E-state index in [9.17, 15) is 9.59 Å². The largest absolute Gasteiger partial charge is 0.344 e. The first-order valence-electron chi connectivity index (χ1n) is 12.7. The lowest BCUT2D eigenvalue weighted by atomic mass is 9.93. The van der Waals surface area contributed by atoms with Crippen LogP contribution in [0.15, 0.2) is 84.2 Å². The van der Waals surface area contributed by atoms with E-state index in [2.05, 4.69) is 22.5 Å². The monoisotopic (exact) mass is 544 g/mol. The van der Waals surface area contributed by atoms with E-state index in [-0.39, 0.29) is 18.1 Å². The number of nitrogens with one attached hydrogen (secondary N) is 1. The molecule has 0 aliphatic carbocycles. The van der Waals surface area contributed by atoms with Gasteiger partial charge in [0.05, 0.1) is 27.9 Å². The molecule has 1 aromatic heterocycles. The van der Waals surface area contributed by atoms with Crippen LogP contribution in [0.2, 0.25) is 10.0 Å². The summed E-state index contributed by atoms with van der Waals surface area (Å²) in [4.78, 5) is 29.5. The Kier molecular flexibility index (Phi) is 6.46. The number of ketones is 1. The third-order valence-corrected chi connectivity index (χ3v) is 8.21. The van der Waals surface area contributed by atoms with E-state index in [1.807, 2.05) is 49.4 Å². The minimum absolute atomic E-state index is 0.0546. The second-order valence-electron chi connectivity index (χ2n) is 9.88. The number of amides is 1. The predicted octanol–water partition coefficient (Wildman–Crippen LogP) is 6.43. The van der Waals surface area contributed by atoms with Crippen molar-refractivity contribution in [2.75, 3.05) is 11.9 Å². The molecule has 6 nitrogen and oxygen atoms in total. The van der Waals surface area contributed by atoms with Crippen molar-refractivity contribution in [3.05, 3.63) is 105 Å². The van der Waals surface area contributed by atoms with E-state index in [0.29, 0.717) is 28.6 Å². The molecule has 1 unspecified atom stereocenters. The molecule has 6 rings (SSSR count). The molecule has 38 heavy (non-hydrogen) atoms. The third kappa shape index (κ3) is 4.38. The number of anilines is 1. The van der Waals surface area contributed by atoms with Gasteiger partial charge in [-0.25, -0.2) is 4.68 Å². The Hall–Kier alpha value is -3.61. The maximum absolute atomic E-state index is 14.2. The minimum Gasteiger partial charge on any atom is -0.344 e. The van der Waals surface area contributed by atoms with E-state index < -0.39 is 12.1 Å². The van der Waals surface area contributed by atoms with Gasteiger partial charge in [0.25, 0.3) is 5.91 Å². The maximum Gasteiger partial charge on any atom is 0.254 e. The molecule has 2 aliphatic heterocycles. The van der Waals surface area contributed by atoms with Crippen LogP contribution in [0.4, 0.5) is 5.82 Å². The Morgan fingerprint density at radius 1 is 1.00 bits per heavy atom. The third-order valence-electron chi connectivity index (χ3n) is 7.48. The summed E-state index contributed by atoms with van der Waals surface area (Å²) in [5.41, 5.74) is 3.03. The lowest BCUT2D eigenvalue weighted by Crippen LogP contribution is -2.44. The zero-order valence-corrected chi connectivity index (χ0v) is 22.3. The van der Waals surface area contributed by atoms with Gasteiger partial charge in [-0.1, -0.05) is 71.7 Å². The molecule has 0 saturated carbocycles. The molecular formula is C30H26Cl2N4O2. The number of rotatable bonds is 5. The van der Waals surface area contributed by atoms with Gasteiger partial charge in [0, 0.05) is 24.7 Å². The van der Waals surface area contributed by atoms with Crippen molar-refractivity contribution in [1.82, 2.24) is 14.7 Å². The van der Waals surface area contributed by atoms with Crippen LogP contribution < -0.4 is 5.32 Å². The van der Waals surface area contributed by atoms with Gasteiger partial charge in [-0.2, -0.15) is 5.10 Å². The number of likely N-dealkylation sites (tertiary alicyclic amines) is 1. The number of fused-ring (bicyclic) bond motifs is 2. The van der Waals surface area contributed by atoms with Gasteiger partial charge < -0.3 is 10.2 Å². The molecule has 2 aliphatic rings. The van der Waals surface area contributed by atoms with Crippen molar-refractivity contribution in [2.24, 2.45) is 0 Å². The average Bonchev–Trinajstić information content (AvgIpc) is 3.59. The highest BCUT2D eigenvalue weighted by Gasteiger charge is 2.40. The van der Waals surface area contributed by atoms with Crippen molar-refractivity contribution in [1.29, 1.82) is 0 Å². The van der Waals surface area contributed by atoms with Crippen molar-refractivity contribution in [3.8, 4) is 0 Å². The van der Waals surface area contributed by atoms with Crippen molar-refractivity contribution in [2.45, 2.75) is 38.3 Å². The lowest BCUT2D eigenvalue weighted by molar-refractivity contribution is -0.134. The maximum atomic E-state index is 14.2. The average molecular weight is 545 g/mol. The minimum atomic E-state index is -0.500. The number of carbonyl (C=O) groups is 2. The summed E-state index contributed by atoms with van der Waals surface area (Å²) in [6.45, 7) is 2.42. The first-order valence-corrected chi connectivity index (χ1v) is 13.4. The SMILES string of the molecule is CC1=C(C(=O)N2CCC[C@H]2C(=O)Cc2ccc3ccccc3c2)C(c2ccc(Cl)c(Cl)c2)n2nccc2N1. The number of halogens is 2. The van der Waals surface area contributed by atoms with Gasteiger partial charge in [-0.05, 0) is 53.8 Å². The quantitative estimate of drug-likeness (QED) is 0.314. The number of nitrogens with zero attached hydrogens (tertiary/aromatic N) is 3. The van der Waals surface area contributed by atoms with Gasteiger partial charge >= 0.3 is 0 Å². The number of Topliss-reactive ketones (excluding diaryl/α,β-unsaturated/α-hetero) is 1. The number of allylic oxidation sites excluding steroid dienone is 1. The molecule has 3 aromatic carbocycles. The second-order valence-corrected chi connectivity index (χ2v) is 10.7. The van der Waals surface area contributed by atoms with Crippen molar-refractivity contribution < 1.29 is 9.59 Å². The van der Waals surface area contributed by atoms with Crippen LogP contribution in [0.3, 0.4) is 0 Å². The summed E-state index contributed by atoms with van der Waals surface area (Å²) in [5, 5.41) is 10.9. The zero-order valence-electron chi connectivity index (χ0n) is 20.8. The molecule has 1 saturated heterocycles. The summed E-state index contributed by atoms with van der Waals surface area (Å²) >= 11 is 12.6. The number of aromatic nitrogens is 2. The smallest absolute Gasteiger partial charge is 0.254 e. The topological polar surface area (TPSA) is 67.2 Å². The fourth-order valence-electron chi connectivity index (χ4n) is 5.64. The van der Waals surface area contributed by atoms with Crippen LogP contribution in [-0.4, -0.2) is 39.0 Å². The first-order chi connectivity index (χ1) is 18.4. The number of benzene rings is 3. The van der Waals surface area contributed by atoms with Gasteiger partial charge in [0.1, 0.15) is 11.9 Å². The molecule has 192 valence electrons. The van der Waals surface area contributed by atoms with E-state index in [0.717, 1.165) is 39.8 Å². The summed E-state index contributed by atoms with van der Waals surface area (Å²) in [7, 11) is 0. The standard InChI is InChI=1S/C30H26Cl2N4O2/c1-18-28(29(36-27(34-18)12-13-33-36)22-10-11-23(31)24(32)17-22)30(38)35-14-4-7-25(35)26(37)16-19-8-9-20-5-2-3-6-21(20)15-19/h2-3,5-6,8-13,15,17,25,29,34H,4,7,14,16H2,1H3/t25-,29?/m0/s1. The predicted molar refractivity (Wildman–Crippen MR) is 151 cm³/mol. The summed E-state index contributed by atoms with van der Waals surface area (Å²) in [5.74, 6) is 0.668. The van der Waals surface area contributed by atoms with Crippen LogP contribution in [0.5, 0.6) is 0 Å². The summed E-state index contributed by atoms with van der Waals surface area (Å²) in [6.07, 6.45) is 3.42. The lowest BCUT2D eigenvalue weighted by Gasteiger charge is -2.33. The van der Waals surface area contributed by atoms with Crippen molar-refractivity contribution in [3.63, 3.8) is 0 Å². The molecule has 2 atom stereocenters. The van der Waals surface area contributed by atoms with Crippen molar-refractivity contribution >= 4 is 51.5 Å². The molecule has 1 N–H and O–H groups in total. The van der Waals surface area contributed by atoms with E-state index in [4.69, 9.17) is 23.2 Å². The number of hydrogen-bond donors (Lipinski definition) is 1. The Labute approximate surface area is 230 Å². The molecule has 3 heterocycles. The van der Waals surface area contributed by atoms with Crippen LogP contribution in [0, 0.1) is 0 Å². The second kappa shape index (κ2) is 9.93. The van der Waals surface area contributed by atoms with Crippen LogP contribution >= 0.6 is 23.2 Å². The molecular weight excluding hydrogens is 519 g/mol. The molecule has 0 bridgehead atoms. The highest BCUT2D eigenvalue weighted by atomic mass is 35.5. The molecule has 8 heteroatoms. The Morgan fingerprint density at radius 3 is 2.63 bits per heavy atom. The highest BCUT2D eigenvalue weighted by Crippen LogP contribution is 2.39. The number of hydrogen-bond acceptors (Lipinski definition) is 4. The highest BCUT2D eigenvalue weighted by molar-refractivity contribution is 6.42. The van der Waals surface area contributed by atoms with Gasteiger partial charge in [0.2, 0.25) is 0 Å². The summed E-state index contributed by atoms with van der Waals surface area (Å²) in [6, 6.07) is 20.5. The molecule has 4 aromatic rings. The van der Waals surface area contributed by atoms with E-state index in [1.165, 1.54) is 0 Å². The molecule has 1 amide bonds. The Bertz CT molecular complexity index is 1610. The molecule has 0 spiro atoms. The van der Waals surface area contributed by atoms with Crippen LogP contribution in [-0.2, 0) is 16.0 Å².